The Morgan fingerprint density at radius 3 is 2.10 bits per heavy atom. The topological polar surface area (TPSA) is 235 Å². The Labute approximate surface area is 174 Å². The summed E-state index contributed by atoms with van der Waals surface area (Å²) in [7, 11) is 0. The Kier molecular flexibility index (Phi) is 12.7. The summed E-state index contributed by atoms with van der Waals surface area (Å²) in [5.41, 5.74) is 16.3. The van der Waals surface area contributed by atoms with Gasteiger partial charge in [-0.25, -0.2) is 0 Å². The molecule has 0 aromatic rings. The molecule has 0 saturated carbocycles. The number of nitrogens with two attached hydrogens (primary N) is 3. The summed E-state index contributed by atoms with van der Waals surface area (Å²) in [6.07, 6.45) is 0.882. The van der Waals surface area contributed by atoms with Gasteiger partial charge in [0.15, 0.2) is 5.96 Å². The van der Waals surface area contributed by atoms with E-state index in [1.807, 2.05) is 13.8 Å². The third-order valence-electron chi connectivity index (χ3n) is 3.87. The van der Waals surface area contributed by atoms with E-state index in [4.69, 9.17) is 22.3 Å². The maximum absolute atomic E-state index is 12.6. The van der Waals surface area contributed by atoms with Gasteiger partial charge in [-0.2, -0.15) is 0 Å². The summed E-state index contributed by atoms with van der Waals surface area (Å²) < 4.78 is 0. The van der Waals surface area contributed by atoms with Crippen molar-refractivity contribution in [2.45, 2.75) is 51.2 Å². The SMILES string of the molecule is CC(C)C[C@H](N)C(=O)N[C@@H](CCCN=C(N)N)C(=O)N[C@@H](CO)C(=O)NCC(=O)O. The number of hydrogen-bond acceptors (Lipinski definition) is 7. The van der Waals surface area contributed by atoms with Crippen molar-refractivity contribution in [3.63, 3.8) is 0 Å². The van der Waals surface area contributed by atoms with Gasteiger partial charge in [0.05, 0.1) is 12.6 Å². The standard InChI is InChI=1S/C17H33N7O6/c1-9(2)6-10(18)14(28)23-11(4-3-5-21-17(19)20)16(30)24-12(8-25)15(29)22-7-13(26)27/h9-12,25H,3-8,18H2,1-2H3,(H,22,29)(H,23,28)(H,24,30)(H,26,27)(H4,19,20,21)/t10-,11-,12-/m0/s1. The first-order chi connectivity index (χ1) is 14.0. The first-order valence-electron chi connectivity index (χ1n) is 9.50. The summed E-state index contributed by atoms with van der Waals surface area (Å²) in [4.78, 5) is 51.2. The fraction of sp³-hybridized carbons (Fsp3) is 0.706. The summed E-state index contributed by atoms with van der Waals surface area (Å²) >= 11 is 0. The molecule has 0 rings (SSSR count). The van der Waals surface area contributed by atoms with Gasteiger partial charge in [0, 0.05) is 6.54 Å². The number of hydrogen-bond donors (Lipinski definition) is 8. The maximum Gasteiger partial charge on any atom is 0.322 e. The third kappa shape index (κ3) is 11.8. The van der Waals surface area contributed by atoms with Crippen molar-refractivity contribution < 1.29 is 29.4 Å². The highest BCUT2D eigenvalue weighted by Gasteiger charge is 2.28. The quantitative estimate of drug-likeness (QED) is 0.0775. The number of carbonyl (C=O) groups is 4. The van der Waals surface area contributed by atoms with Crippen LogP contribution < -0.4 is 33.2 Å². The van der Waals surface area contributed by atoms with Crippen LogP contribution in [0.1, 0.15) is 33.1 Å². The third-order valence-corrected chi connectivity index (χ3v) is 3.87. The Morgan fingerprint density at radius 1 is 1.00 bits per heavy atom. The minimum atomic E-state index is -1.39. The van der Waals surface area contributed by atoms with Crippen molar-refractivity contribution in [3.05, 3.63) is 0 Å². The smallest absolute Gasteiger partial charge is 0.322 e. The molecule has 0 fully saturated rings. The molecule has 0 aliphatic carbocycles. The van der Waals surface area contributed by atoms with Gasteiger partial charge in [0.2, 0.25) is 17.7 Å². The van der Waals surface area contributed by atoms with E-state index >= 15 is 0 Å². The number of carboxylic acids is 1. The molecular formula is C17H33N7O6. The molecule has 0 aromatic carbocycles. The number of carbonyl (C=O) groups excluding carboxylic acids is 3. The summed E-state index contributed by atoms with van der Waals surface area (Å²) in [5, 5.41) is 24.8. The van der Waals surface area contributed by atoms with E-state index in [1.54, 1.807) is 0 Å². The zero-order chi connectivity index (χ0) is 23.3. The van der Waals surface area contributed by atoms with Crippen LogP contribution in [0, 0.1) is 5.92 Å². The Morgan fingerprint density at radius 2 is 1.60 bits per heavy atom. The van der Waals surface area contributed by atoms with Crippen LogP contribution >= 0.6 is 0 Å². The molecule has 0 heterocycles. The first kappa shape index (κ1) is 27.1. The number of aliphatic hydroxyl groups is 1. The van der Waals surface area contributed by atoms with E-state index in [0.717, 1.165) is 0 Å². The average molecular weight is 431 g/mol. The lowest BCUT2D eigenvalue weighted by atomic mass is 10.0. The Bertz CT molecular complexity index is 622. The second-order valence-electron chi connectivity index (χ2n) is 7.10. The number of amides is 3. The zero-order valence-corrected chi connectivity index (χ0v) is 17.3. The van der Waals surface area contributed by atoms with Gasteiger partial charge in [-0.05, 0) is 25.2 Å². The Balaban J connectivity index is 5.13. The minimum absolute atomic E-state index is 0.116. The highest BCUT2D eigenvalue weighted by atomic mass is 16.4. The van der Waals surface area contributed by atoms with Gasteiger partial charge in [-0.3, -0.25) is 24.2 Å². The number of rotatable bonds is 14. The average Bonchev–Trinajstić information content (AvgIpc) is 2.65. The van der Waals surface area contributed by atoms with Gasteiger partial charge in [-0.15, -0.1) is 0 Å². The van der Waals surface area contributed by atoms with Crippen LogP contribution in [-0.2, 0) is 19.2 Å². The molecule has 13 heteroatoms. The van der Waals surface area contributed by atoms with Crippen molar-refractivity contribution in [2.75, 3.05) is 19.7 Å². The molecule has 172 valence electrons. The van der Waals surface area contributed by atoms with E-state index in [0.29, 0.717) is 12.8 Å². The number of nitrogens with one attached hydrogen (secondary N) is 3. The summed E-state index contributed by atoms with van der Waals surface area (Å²) in [6, 6.07) is -3.28. The molecule has 0 aliphatic rings. The predicted molar refractivity (Wildman–Crippen MR) is 109 cm³/mol. The van der Waals surface area contributed by atoms with E-state index < -0.39 is 55.0 Å². The van der Waals surface area contributed by atoms with Gasteiger partial charge >= 0.3 is 5.97 Å². The summed E-state index contributed by atoms with van der Waals surface area (Å²) in [5.74, 6) is -3.40. The van der Waals surface area contributed by atoms with E-state index in [1.165, 1.54) is 0 Å². The number of guanidine groups is 1. The molecule has 0 saturated heterocycles. The van der Waals surface area contributed by atoms with E-state index in [9.17, 15) is 24.3 Å². The largest absolute Gasteiger partial charge is 0.480 e. The number of carboxylic acid groups (broad SMARTS) is 1. The molecular weight excluding hydrogens is 398 g/mol. The molecule has 0 aliphatic heterocycles. The molecule has 0 unspecified atom stereocenters. The van der Waals surface area contributed by atoms with Crippen molar-refractivity contribution >= 4 is 29.7 Å². The number of aliphatic carboxylic acids is 1. The molecule has 30 heavy (non-hydrogen) atoms. The zero-order valence-electron chi connectivity index (χ0n) is 17.3. The van der Waals surface area contributed by atoms with Crippen LogP contribution in [0.25, 0.3) is 0 Å². The number of aliphatic imine (C=N–C) groups is 1. The number of nitrogens with zero attached hydrogens (tertiary/aromatic N) is 1. The van der Waals surface area contributed by atoms with E-state index in [2.05, 4.69) is 20.9 Å². The van der Waals surface area contributed by atoms with Gasteiger partial charge in [0.1, 0.15) is 18.6 Å². The Hall–Kier alpha value is -2.93. The molecule has 13 nitrogen and oxygen atoms in total. The molecule has 3 amide bonds. The lowest BCUT2D eigenvalue weighted by Crippen LogP contribution is -2.57. The first-order valence-corrected chi connectivity index (χ1v) is 9.50. The van der Waals surface area contributed by atoms with Crippen LogP contribution in [0.5, 0.6) is 0 Å². The molecule has 0 spiro atoms. The highest BCUT2D eigenvalue weighted by Crippen LogP contribution is 2.05. The van der Waals surface area contributed by atoms with E-state index in [-0.39, 0.29) is 24.8 Å². The second-order valence-corrected chi connectivity index (χ2v) is 7.10. The lowest BCUT2D eigenvalue weighted by Gasteiger charge is -2.23. The van der Waals surface area contributed by atoms with Gasteiger partial charge < -0.3 is 43.4 Å². The minimum Gasteiger partial charge on any atom is -0.480 e. The molecule has 0 radical (unpaired) electrons. The normalized spacial score (nSPS) is 13.6. The molecule has 0 bridgehead atoms. The van der Waals surface area contributed by atoms with Crippen LogP contribution in [0.15, 0.2) is 4.99 Å². The second kappa shape index (κ2) is 14.1. The fourth-order valence-corrected chi connectivity index (χ4v) is 2.42. The van der Waals surface area contributed by atoms with Crippen LogP contribution in [0.2, 0.25) is 0 Å². The van der Waals surface area contributed by atoms with Crippen molar-refractivity contribution in [1.82, 2.24) is 16.0 Å². The van der Waals surface area contributed by atoms with Gasteiger partial charge in [-0.1, -0.05) is 13.8 Å². The van der Waals surface area contributed by atoms with Crippen molar-refractivity contribution in [3.8, 4) is 0 Å². The van der Waals surface area contributed by atoms with Crippen molar-refractivity contribution in [2.24, 2.45) is 28.1 Å². The maximum atomic E-state index is 12.6. The van der Waals surface area contributed by atoms with Crippen LogP contribution in [0.4, 0.5) is 0 Å². The van der Waals surface area contributed by atoms with Crippen LogP contribution in [-0.4, -0.2) is 77.7 Å². The number of aliphatic hydroxyl groups excluding tert-OH is 1. The lowest BCUT2D eigenvalue weighted by molar-refractivity contribution is -0.139. The monoisotopic (exact) mass is 431 g/mol. The predicted octanol–water partition coefficient (Wildman–Crippen LogP) is -3.42. The molecule has 0 aromatic heterocycles. The highest BCUT2D eigenvalue weighted by molar-refractivity contribution is 5.93. The fourth-order valence-electron chi connectivity index (χ4n) is 2.42. The van der Waals surface area contributed by atoms with Gasteiger partial charge in [0.25, 0.3) is 0 Å². The van der Waals surface area contributed by atoms with Crippen LogP contribution in [0.3, 0.4) is 0 Å². The van der Waals surface area contributed by atoms with Crippen molar-refractivity contribution in [1.29, 1.82) is 0 Å². The molecule has 3 atom stereocenters. The summed E-state index contributed by atoms with van der Waals surface area (Å²) in [6.45, 7) is 2.57. The molecule has 11 N–H and O–H groups in total.